The second-order valence-electron chi connectivity index (χ2n) is 6.54. The van der Waals surface area contributed by atoms with Gasteiger partial charge in [0.15, 0.2) is 0 Å². The molecule has 0 spiro atoms. The zero-order chi connectivity index (χ0) is 14.8. The van der Waals surface area contributed by atoms with Gasteiger partial charge in [-0.25, -0.2) is 4.98 Å². The Bertz CT molecular complexity index is 604. The molecule has 0 radical (unpaired) electrons. The molecule has 0 saturated carbocycles. The van der Waals surface area contributed by atoms with Gasteiger partial charge in [-0.2, -0.15) is 14.6 Å². The Kier molecular flexibility index (Phi) is 4.08. The molecule has 1 unspecified atom stereocenters. The number of hydrogen-bond acceptors (Lipinski definition) is 4. The molecule has 3 rings (SSSR count). The van der Waals surface area contributed by atoms with E-state index in [-0.39, 0.29) is 0 Å². The molecule has 2 aromatic heterocycles. The second kappa shape index (κ2) is 6.00. The first-order valence-electron chi connectivity index (χ1n) is 8.09. The molecule has 1 fully saturated rings. The van der Waals surface area contributed by atoms with Crippen molar-refractivity contribution in [2.24, 2.45) is 5.92 Å². The average molecular weight is 287 g/mol. The molecule has 3 heterocycles. The summed E-state index contributed by atoms with van der Waals surface area (Å²) in [4.78, 5) is 11.2. The number of piperidine rings is 1. The standard InChI is InChI=1S/C16H25N5/c1-12(2)7-8-14-6-4-5-9-20(14)15-10-13(3)19-16-17-11-18-21(15)16/h10-12,14H,4-9H2,1-3H3. The highest BCUT2D eigenvalue weighted by Gasteiger charge is 2.25. The van der Waals surface area contributed by atoms with Crippen LogP contribution in [0.15, 0.2) is 12.4 Å². The minimum absolute atomic E-state index is 0.621. The third kappa shape index (κ3) is 3.01. The number of hydrogen-bond donors (Lipinski definition) is 0. The zero-order valence-electron chi connectivity index (χ0n) is 13.3. The van der Waals surface area contributed by atoms with Crippen molar-refractivity contribution >= 4 is 11.6 Å². The SMILES string of the molecule is Cc1cc(N2CCCCC2CCC(C)C)n2ncnc2n1. The summed E-state index contributed by atoms with van der Waals surface area (Å²) in [5.41, 5.74) is 1.01. The summed E-state index contributed by atoms with van der Waals surface area (Å²) in [5, 5.41) is 4.37. The van der Waals surface area contributed by atoms with Crippen LogP contribution in [-0.4, -0.2) is 32.2 Å². The van der Waals surface area contributed by atoms with Gasteiger partial charge in [-0.05, 0) is 44.9 Å². The van der Waals surface area contributed by atoms with Crippen LogP contribution in [0.2, 0.25) is 0 Å². The summed E-state index contributed by atoms with van der Waals surface area (Å²) in [6.45, 7) is 7.76. The van der Waals surface area contributed by atoms with Crippen LogP contribution in [-0.2, 0) is 0 Å². The molecule has 5 nitrogen and oxygen atoms in total. The van der Waals surface area contributed by atoms with E-state index < -0.39 is 0 Å². The van der Waals surface area contributed by atoms with E-state index in [0.29, 0.717) is 11.8 Å². The number of rotatable bonds is 4. The number of nitrogens with zero attached hydrogens (tertiary/aromatic N) is 5. The fourth-order valence-electron chi connectivity index (χ4n) is 3.24. The Hall–Kier alpha value is -1.65. The van der Waals surface area contributed by atoms with Gasteiger partial charge in [0, 0.05) is 24.3 Å². The summed E-state index contributed by atoms with van der Waals surface area (Å²) in [6, 6.07) is 2.77. The van der Waals surface area contributed by atoms with Crippen molar-refractivity contribution in [3.8, 4) is 0 Å². The van der Waals surface area contributed by atoms with E-state index in [1.54, 1.807) is 6.33 Å². The molecule has 114 valence electrons. The molecular formula is C16H25N5. The molecule has 2 aromatic rings. The highest BCUT2D eigenvalue weighted by molar-refractivity contribution is 5.48. The second-order valence-corrected chi connectivity index (χ2v) is 6.54. The van der Waals surface area contributed by atoms with Crippen LogP contribution in [0.5, 0.6) is 0 Å². The predicted octanol–water partition coefficient (Wildman–Crippen LogP) is 3.23. The van der Waals surface area contributed by atoms with Crippen LogP contribution >= 0.6 is 0 Å². The maximum absolute atomic E-state index is 4.45. The van der Waals surface area contributed by atoms with E-state index in [1.165, 1.54) is 32.1 Å². The van der Waals surface area contributed by atoms with Crippen molar-refractivity contribution in [3.63, 3.8) is 0 Å². The van der Waals surface area contributed by atoms with Gasteiger partial charge in [0.2, 0.25) is 0 Å². The van der Waals surface area contributed by atoms with Crippen LogP contribution in [0.25, 0.3) is 5.78 Å². The molecule has 1 atom stereocenters. The molecule has 0 N–H and O–H groups in total. The maximum Gasteiger partial charge on any atom is 0.254 e. The van der Waals surface area contributed by atoms with Crippen LogP contribution in [0, 0.1) is 12.8 Å². The Labute approximate surface area is 126 Å². The molecule has 0 aliphatic carbocycles. The quantitative estimate of drug-likeness (QED) is 0.866. The molecule has 5 heteroatoms. The molecule has 1 saturated heterocycles. The molecule has 1 aliphatic heterocycles. The first-order chi connectivity index (χ1) is 10.1. The topological polar surface area (TPSA) is 46.3 Å². The van der Waals surface area contributed by atoms with Gasteiger partial charge in [0.25, 0.3) is 5.78 Å². The molecule has 0 amide bonds. The Morgan fingerprint density at radius 3 is 3.00 bits per heavy atom. The Balaban J connectivity index is 1.92. The third-order valence-corrected chi connectivity index (χ3v) is 4.36. The molecular weight excluding hydrogens is 262 g/mol. The highest BCUT2D eigenvalue weighted by Crippen LogP contribution is 2.28. The van der Waals surface area contributed by atoms with Gasteiger partial charge in [0.1, 0.15) is 12.1 Å². The average Bonchev–Trinajstić information content (AvgIpc) is 2.92. The summed E-state index contributed by atoms with van der Waals surface area (Å²) in [7, 11) is 0. The summed E-state index contributed by atoms with van der Waals surface area (Å²) in [6.07, 6.45) is 8.02. The third-order valence-electron chi connectivity index (χ3n) is 4.36. The fraction of sp³-hybridized carbons (Fsp3) is 0.688. The Morgan fingerprint density at radius 1 is 1.33 bits per heavy atom. The summed E-state index contributed by atoms with van der Waals surface area (Å²) >= 11 is 0. The van der Waals surface area contributed by atoms with E-state index in [9.17, 15) is 0 Å². The van der Waals surface area contributed by atoms with Gasteiger partial charge in [-0.1, -0.05) is 13.8 Å². The van der Waals surface area contributed by atoms with Gasteiger partial charge < -0.3 is 4.90 Å². The van der Waals surface area contributed by atoms with Crippen molar-refractivity contribution in [1.82, 2.24) is 19.6 Å². The summed E-state index contributed by atoms with van der Waals surface area (Å²) in [5.74, 6) is 2.63. The van der Waals surface area contributed by atoms with Crippen LogP contribution in [0.3, 0.4) is 0 Å². The first kappa shape index (κ1) is 14.3. The normalized spacial score (nSPS) is 19.6. The summed E-state index contributed by atoms with van der Waals surface area (Å²) < 4.78 is 1.89. The minimum Gasteiger partial charge on any atom is -0.353 e. The largest absolute Gasteiger partial charge is 0.353 e. The maximum atomic E-state index is 4.45. The molecule has 0 aromatic carbocycles. The zero-order valence-corrected chi connectivity index (χ0v) is 13.3. The van der Waals surface area contributed by atoms with E-state index in [0.717, 1.165) is 24.0 Å². The minimum atomic E-state index is 0.621. The van der Waals surface area contributed by atoms with Crippen LogP contribution in [0.1, 0.15) is 51.6 Å². The first-order valence-corrected chi connectivity index (χ1v) is 8.09. The van der Waals surface area contributed by atoms with Crippen molar-refractivity contribution in [1.29, 1.82) is 0 Å². The van der Waals surface area contributed by atoms with E-state index in [2.05, 4.69) is 39.9 Å². The van der Waals surface area contributed by atoms with Gasteiger partial charge in [-0.3, -0.25) is 0 Å². The van der Waals surface area contributed by atoms with Crippen LogP contribution < -0.4 is 4.90 Å². The van der Waals surface area contributed by atoms with Gasteiger partial charge in [0.05, 0.1) is 0 Å². The van der Waals surface area contributed by atoms with E-state index in [4.69, 9.17) is 0 Å². The van der Waals surface area contributed by atoms with Crippen molar-refractivity contribution in [3.05, 3.63) is 18.1 Å². The molecule has 1 aliphatic rings. The van der Waals surface area contributed by atoms with Crippen molar-refractivity contribution in [2.45, 2.75) is 58.9 Å². The Morgan fingerprint density at radius 2 is 2.19 bits per heavy atom. The van der Waals surface area contributed by atoms with E-state index in [1.807, 2.05) is 11.4 Å². The number of fused-ring (bicyclic) bond motifs is 1. The smallest absolute Gasteiger partial charge is 0.254 e. The monoisotopic (exact) mass is 287 g/mol. The lowest BCUT2D eigenvalue weighted by molar-refractivity contribution is 0.400. The van der Waals surface area contributed by atoms with Crippen molar-refractivity contribution in [2.75, 3.05) is 11.4 Å². The molecule has 0 bridgehead atoms. The lowest BCUT2D eigenvalue weighted by Crippen LogP contribution is -2.41. The number of aromatic nitrogens is 4. The lowest BCUT2D eigenvalue weighted by Gasteiger charge is -2.37. The number of aryl methyl sites for hydroxylation is 1. The van der Waals surface area contributed by atoms with Gasteiger partial charge in [-0.15, -0.1) is 0 Å². The van der Waals surface area contributed by atoms with Crippen molar-refractivity contribution < 1.29 is 0 Å². The fourth-order valence-corrected chi connectivity index (χ4v) is 3.24. The lowest BCUT2D eigenvalue weighted by atomic mass is 9.95. The highest BCUT2D eigenvalue weighted by atomic mass is 15.4. The van der Waals surface area contributed by atoms with E-state index >= 15 is 0 Å². The van der Waals surface area contributed by atoms with Gasteiger partial charge >= 0.3 is 0 Å². The van der Waals surface area contributed by atoms with Crippen LogP contribution in [0.4, 0.5) is 5.82 Å². The number of anilines is 1. The predicted molar refractivity (Wildman–Crippen MR) is 84.6 cm³/mol. The molecule has 21 heavy (non-hydrogen) atoms.